The van der Waals surface area contributed by atoms with Crippen molar-refractivity contribution in [3.63, 3.8) is 0 Å². The number of hydrogen-bond acceptors (Lipinski definition) is 2. The van der Waals surface area contributed by atoms with Crippen LogP contribution in [0.15, 0.2) is 48.5 Å². The molecule has 1 aliphatic rings. The van der Waals surface area contributed by atoms with Crippen LogP contribution in [-0.4, -0.2) is 19.7 Å². The van der Waals surface area contributed by atoms with Crippen LogP contribution in [0.3, 0.4) is 0 Å². The normalized spacial score (nSPS) is 16.1. The molecule has 106 valence electrons. The first-order chi connectivity index (χ1) is 10.3. The quantitative estimate of drug-likeness (QED) is 0.779. The lowest BCUT2D eigenvalue weighted by Gasteiger charge is -2.21. The maximum atomic E-state index is 5.15. The molecule has 0 spiro atoms. The topological polar surface area (TPSA) is 12.5 Å². The lowest BCUT2D eigenvalue weighted by atomic mass is 10.1. The number of hydrogen-bond donors (Lipinski definition) is 0. The van der Waals surface area contributed by atoms with Crippen LogP contribution in [-0.2, 0) is 6.42 Å². The zero-order chi connectivity index (χ0) is 14.7. The van der Waals surface area contributed by atoms with Crippen molar-refractivity contribution in [3.05, 3.63) is 59.7 Å². The smallest absolute Gasteiger partial charge is 0.118 e. The fraction of sp³-hybridized carbons (Fsp3) is 0.263. The van der Waals surface area contributed by atoms with E-state index in [-0.39, 0.29) is 0 Å². The molecule has 0 radical (unpaired) electrons. The predicted molar refractivity (Wildman–Crippen MR) is 86.8 cm³/mol. The number of methoxy groups -OCH3 is 1. The molecule has 1 heterocycles. The summed E-state index contributed by atoms with van der Waals surface area (Å²) < 4.78 is 5.15. The van der Waals surface area contributed by atoms with Gasteiger partial charge in [-0.25, -0.2) is 0 Å². The van der Waals surface area contributed by atoms with Gasteiger partial charge in [0.15, 0.2) is 0 Å². The summed E-state index contributed by atoms with van der Waals surface area (Å²) in [5, 5.41) is 0. The van der Waals surface area contributed by atoms with Crippen LogP contribution in [0.4, 0.5) is 5.69 Å². The van der Waals surface area contributed by atoms with Crippen LogP contribution < -0.4 is 9.64 Å². The minimum atomic E-state index is 0.521. The minimum absolute atomic E-state index is 0.521. The van der Waals surface area contributed by atoms with Gasteiger partial charge in [-0.05, 0) is 49.2 Å². The van der Waals surface area contributed by atoms with E-state index in [1.165, 1.54) is 11.3 Å². The molecule has 0 amide bonds. The van der Waals surface area contributed by atoms with E-state index in [1.54, 1.807) is 7.11 Å². The molecule has 0 N–H and O–H groups in total. The van der Waals surface area contributed by atoms with Crippen LogP contribution >= 0.6 is 0 Å². The Kier molecular flexibility index (Phi) is 3.83. The maximum absolute atomic E-state index is 5.15. The molecule has 2 nitrogen and oxygen atoms in total. The minimum Gasteiger partial charge on any atom is -0.497 e. The van der Waals surface area contributed by atoms with Crippen LogP contribution in [0.25, 0.3) is 0 Å². The fourth-order valence-electron chi connectivity index (χ4n) is 2.77. The molecule has 0 aliphatic carbocycles. The summed E-state index contributed by atoms with van der Waals surface area (Å²) in [6.07, 6.45) is 1.11. The molecule has 1 unspecified atom stereocenters. The van der Waals surface area contributed by atoms with Gasteiger partial charge in [-0.3, -0.25) is 0 Å². The molecule has 1 aliphatic heterocycles. The summed E-state index contributed by atoms with van der Waals surface area (Å²) >= 11 is 0. The molecule has 0 bridgehead atoms. The van der Waals surface area contributed by atoms with E-state index in [1.807, 2.05) is 24.3 Å². The Morgan fingerprint density at radius 3 is 2.67 bits per heavy atom. The van der Waals surface area contributed by atoms with E-state index in [2.05, 4.69) is 47.9 Å². The van der Waals surface area contributed by atoms with E-state index in [9.17, 15) is 0 Å². The van der Waals surface area contributed by atoms with Gasteiger partial charge in [-0.15, -0.1) is 0 Å². The Morgan fingerprint density at radius 1 is 1.14 bits per heavy atom. The summed E-state index contributed by atoms with van der Waals surface area (Å²) in [7, 11) is 1.67. The summed E-state index contributed by atoms with van der Waals surface area (Å²) in [5.74, 6) is 7.38. The summed E-state index contributed by atoms with van der Waals surface area (Å²) in [5.41, 5.74) is 3.78. The lowest BCUT2D eigenvalue weighted by molar-refractivity contribution is 0.415. The molecular weight excluding hydrogens is 258 g/mol. The van der Waals surface area contributed by atoms with Crippen molar-refractivity contribution in [2.75, 3.05) is 18.6 Å². The number of ether oxygens (including phenoxy) is 1. The van der Waals surface area contributed by atoms with Gasteiger partial charge in [0.05, 0.1) is 13.7 Å². The van der Waals surface area contributed by atoms with Crippen LogP contribution in [0, 0.1) is 11.8 Å². The SMILES string of the molecule is COc1ccc(C#CCN2c3ccccc3CC2C)cc1. The van der Waals surface area contributed by atoms with Crippen LogP contribution in [0.2, 0.25) is 0 Å². The first kappa shape index (κ1) is 13.6. The molecule has 1 atom stereocenters. The number of benzene rings is 2. The number of para-hydroxylation sites is 1. The highest BCUT2D eigenvalue weighted by molar-refractivity contribution is 5.60. The van der Waals surface area contributed by atoms with Crippen molar-refractivity contribution in [1.29, 1.82) is 0 Å². The Labute approximate surface area is 126 Å². The molecule has 0 saturated carbocycles. The molecule has 0 saturated heterocycles. The molecule has 3 rings (SSSR count). The van der Waals surface area contributed by atoms with Gasteiger partial charge in [0.25, 0.3) is 0 Å². The number of rotatable bonds is 2. The number of nitrogens with zero attached hydrogens (tertiary/aromatic N) is 1. The second-order valence-electron chi connectivity index (χ2n) is 5.34. The average molecular weight is 277 g/mol. The van der Waals surface area contributed by atoms with Crippen molar-refractivity contribution in [1.82, 2.24) is 0 Å². The van der Waals surface area contributed by atoms with E-state index < -0.39 is 0 Å². The molecule has 2 heteroatoms. The second-order valence-corrected chi connectivity index (χ2v) is 5.34. The van der Waals surface area contributed by atoms with Crippen LogP contribution in [0.5, 0.6) is 5.75 Å². The van der Waals surface area contributed by atoms with E-state index in [4.69, 9.17) is 4.74 Å². The third kappa shape index (κ3) is 2.87. The van der Waals surface area contributed by atoms with Gasteiger partial charge in [0.2, 0.25) is 0 Å². The van der Waals surface area contributed by atoms with Gasteiger partial charge in [-0.1, -0.05) is 30.0 Å². The standard InChI is InChI=1S/C19H19NO/c1-15-14-17-7-3-4-8-19(17)20(15)13-5-6-16-9-11-18(21-2)12-10-16/h3-4,7-12,15H,13-14H2,1-2H3. The largest absolute Gasteiger partial charge is 0.497 e. The monoisotopic (exact) mass is 277 g/mol. The van der Waals surface area contributed by atoms with Crippen molar-refractivity contribution in [3.8, 4) is 17.6 Å². The predicted octanol–water partition coefficient (Wildman–Crippen LogP) is 3.50. The Bertz CT molecular complexity index is 679. The first-order valence-corrected chi connectivity index (χ1v) is 7.25. The van der Waals surface area contributed by atoms with Crippen molar-refractivity contribution in [2.45, 2.75) is 19.4 Å². The summed E-state index contributed by atoms with van der Waals surface area (Å²) in [4.78, 5) is 2.38. The molecule has 21 heavy (non-hydrogen) atoms. The average Bonchev–Trinajstić information content (AvgIpc) is 2.84. The van der Waals surface area contributed by atoms with E-state index in [0.29, 0.717) is 6.04 Å². The van der Waals surface area contributed by atoms with Crippen molar-refractivity contribution in [2.24, 2.45) is 0 Å². The van der Waals surface area contributed by atoms with Gasteiger partial charge in [0, 0.05) is 17.3 Å². The van der Waals surface area contributed by atoms with Gasteiger partial charge in [-0.2, -0.15) is 0 Å². The molecule has 2 aromatic rings. The second kappa shape index (κ2) is 5.93. The van der Waals surface area contributed by atoms with E-state index >= 15 is 0 Å². The third-order valence-corrected chi connectivity index (χ3v) is 3.92. The zero-order valence-corrected chi connectivity index (χ0v) is 12.5. The summed E-state index contributed by atoms with van der Waals surface area (Å²) in [6.45, 7) is 3.03. The van der Waals surface area contributed by atoms with Gasteiger partial charge >= 0.3 is 0 Å². The summed E-state index contributed by atoms with van der Waals surface area (Å²) in [6, 6.07) is 17.0. The first-order valence-electron chi connectivity index (χ1n) is 7.25. The fourth-order valence-corrected chi connectivity index (χ4v) is 2.77. The van der Waals surface area contributed by atoms with Crippen LogP contribution in [0.1, 0.15) is 18.1 Å². The third-order valence-electron chi connectivity index (χ3n) is 3.92. The van der Waals surface area contributed by atoms with Gasteiger partial charge < -0.3 is 9.64 Å². The molecule has 0 aromatic heterocycles. The molecular formula is C19H19NO. The number of anilines is 1. The Balaban J connectivity index is 1.72. The van der Waals surface area contributed by atoms with E-state index in [0.717, 1.165) is 24.3 Å². The molecule has 2 aromatic carbocycles. The lowest BCUT2D eigenvalue weighted by Crippen LogP contribution is -2.29. The highest BCUT2D eigenvalue weighted by Gasteiger charge is 2.24. The highest BCUT2D eigenvalue weighted by atomic mass is 16.5. The highest BCUT2D eigenvalue weighted by Crippen LogP contribution is 2.31. The number of fused-ring (bicyclic) bond motifs is 1. The zero-order valence-electron chi connectivity index (χ0n) is 12.5. The Hall–Kier alpha value is -2.40. The molecule has 0 fully saturated rings. The van der Waals surface area contributed by atoms with Gasteiger partial charge in [0.1, 0.15) is 5.75 Å². The van der Waals surface area contributed by atoms with Crippen molar-refractivity contribution < 1.29 is 4.74 Å². The Morgan fingerprint density at radius 2 is 1.90 bits per heavy atom. The maximum Gasteiger partial charge on any atom is 0.118 e. The van der Waals surface area contributed by atoms with Crippen molar-refractivity contribution >= 4 is 5.69 Å².